The molecule has 190 valence electrons. The number of ether oxygens (including phenoxy) is 2. The van der Waals surface area contributed by atoms with E-state index >= 15 is 0 Å². The minimum atomic E-state index is -0.684. The number of halogens is 1. The zero-order valence-electron chi connectivity index (χ0n) is 21.3. The van der Waals surface area contributed by atoms with Gasteiger partial charge in [0.2, 0.25) is 5.76 Å². The van der Waals surface area contributed by atoms with Gasteiger partial charge in [0.05, 0.1) is 30.2 Å². The van der Waals surface area contributed by atoms with E-state index in [4.69, 9.17) is 25.5 Å². The van der Waals surface area contributed by atoms with E-state index in [9.17, 15) is 9.59 Å². The summed E-state index contributed by atoms with van der Waals surface area (Å²) in [5.41, 5.74) is 3.97. The van der Waals surface area contributed by atoms with Crippen LogP contribution in [0, 0.1) is 13.8 Å². The Balaban J connectivity index is 1.74. The lowest BCUT2D eigenvalue weighted by Gasteiger charge is -2.26. The van der Waals surface area contributed by atoms with Crippen molar-refractivity contribution in [3.8, 4) is 11.5 Å². The molecule has 0 saturated heterocycles. The summed E-state index contributed by atoms with van der Waals surface area (Å²) < 4.78 is 17.7. The lowest BCUT2D eigenvalue weighted by Crippen LogP contribution is -2.29. The summed E-state index contributed by atoms with van der Waals surface area (Å²) in [5.74, 6) is 0.859. The number of benzene rings is 3. The Morgan fingerprint density at radius 1 is 0.919 bits per heavy atom. The molecule has 0 fully saturated rings. The molecule has 6 nitrogen and oxygen atoms in total. The number of fused-ring (bicyclic) bond motifs is 2. The average Bonchev–Trinajstić information content (AvgIpc) is 3.15. The molecule has 1 aliphatic heterocycles. The van der Waals surface area contributed by atoms with Crippen molar-refractivity contribution in [1.29, 1.82) is 0 Å². The second-order valence-electron chi connectivity index (χ2n) is 9.11. The third-order valence-corrected chi connectivity index (χ3v) is 7.13. The molecule has 2 heterocycles. The van der Waals surface area contributed by atoms with Gasteiger partial charge in [-0.05, 0) is 80.3 Å². The first kappa shape index (κ1) is 24.9. The second kappa shape index (κ2) is 9.94. The van der Waals surface area contributed by atoms with Crippen LogP contribution in [-0.2, 0) is 6.54 Å². The molecule has 0 aliphatic carbocycles. The molecule has 7 heteroatoms. The summed E-state index contributed by atoms with van der Waals surface area (Å²) >= 11 is 6.47. The van der Waals surface area contributed by atoms with E-state index in [1.807, 2.05) is 76.2 Å². The molecule has 0 bridgehead atoms. The molecule has 0 radical (unpaired) electrons. The van der Waals surface area contributed by atoms with Crippen LogP contribution >= 0.6 is 11.6 Å². The standard InChI is InChI=1S/C30H28ClNO5/c1-5-35-23-12-11-19(15-25(23)36-6-2)27-26-28(33)21-13-17(3)18(4)14-24(21)37-29(26)30(34)32(27)16-20-9-7-8-10-22(20)31/h7-15,27H,5-6,16H2,1-4H3. The van der Waals surface area contributed by atoms with Crippen LogP contribution in [0.3, 0.4) is 0 Å². The highest BCUT2D eigenvalue weighted by Crippen LogP contribution is 2.42. The Morgan fingerprint density at radius 3 is 2.35 bits per heavy atom. The molecular formula is C30H28ClNO5. The van der Waals surface area contributed by atoms with E-state index in [2.05, 4.69) is 0 Å². The first-order valence-corrected chi connectivity index (χ1v) is 12.7. The predicted octanol–water partition coefficient (Wildman–Crippen LogP) is 6.61. The fourth-order valence-corrected chi connectivity index (χ4v) is 5.03. The van der Waals surface area contributed by atoms with Crippen molar-refractivity contribution in [1.82, 2.24) is 4.90 Å². The molecule has 1 amide bonds. The van der Waals surface area contributed by atoms with Gasteiger partial charge in [0, 0.05) is 11.6 Å². The molecule has 5 rings (SSSR count). The lowest BCUT2D eigenvalue weighted by atomic mass is 9.97. The SMILES string of the molecule is CCOc1ccc(C2c3c(oc4cc(C)c(C)cc4c3=O)C(=O)N2Cc2ccccc2Cl)cc1OCC. The van der Waals surface area contributed by atoms with Crippen LogP contribution in [0.25, 0.3) is 11.0 Å². The number of amides is 1. The Labute approximate surface area is 220 Å². The van der Waals surface area contributed by atoms with Crippen molar-refractivity contribution in [2.45, 2.75) is 40.3 Å². The van der Waals surface area contributed by atoms with Gasteiger partial charge < -0.3 is 18.8 Å². The molecule has 1 atom stereocenters. The Bertz CT molecular complexity index is 1570. The number of hydrogen-bond donors (Lipinski definition) is 0. The molecule has 1 unspecified atom stereocenters. The fourth-order valence-electron chi connectivity index (χ4n) is 4.83. The first-order chi connectivity index (χ1) is 17.8. The van der Waals surface area contributed by atoms with Crippen LogP contribution in [0.1, 0.15) is 58.3 Å². The number of carbonyl (C=O) groups is 1. The monoisotopic (exact) mass is 517 g/mol. The number of aryl methyl sites for hydroxylation is 2. The summed E-state index contributed by atoms with van der Waals surface area (Å²) in [6.07, 6.45) is 0. The van der Waals surface area contributed by atoms with E-state index in [1.54, 1.807) is 11.0 Å². The van der Waals surface area contributed by atoms with Gasteiger partial charge in [0.1, 0.15) is 5.58 Å². The zero-order valence-corrected chi connectivity index (χ0v) is 22.0. The normalized spacial score (nSPS) is 14.8. The molecule has 0 N–H and O–H groups in total. The van der Waals surface area contributed by atoms with Gasteiger partial charge in [-0.15, -0.1) is 0 Å². The zero-order chi connectivity index (χ0) is 26.3. The molecule has 3 aromatic carbocycles. The maximum atomic E-state index is 13.9. The smallest absolute Gasteiger partial charge is 0.291 e. The molecule has 0 spiro atoms. The number of rotatable bonds is 7. The van der Waals surface area contributed by atoms with Gasteiger partial charge >= 0.3 is 0 Å². The summed E-state index contributed by atoms with van der Waals surface area (Å²) in [4.78, 5) is 29.4. The van der Waals surface area contributed by atoms with E-state index < -0.39 is 6.04 Å². The van der Waals surface area contributed by atoms with Crippen LogP contribution in [0.4, 0.5) is 0 Å². The quantitative estimate of drug-likeness (QED) is 0.276. The summed E-state index contributed by atoms with van der Waals surface area (Å²) in [6, 6.07) is 15.9. The highest BCUT2D eigenvalue weighted by Gasteiger charge is 2.43. The van der Waals surface area contributed by atoms with Crippen molar-refractivity contribution in [2.75, 3.05) is 13.2 Å². The minimum Gasteiger partial charge on any atom is -0.490 e. The van der Waals surface area contributed by atoms with E-state index in [0.717, 1.165) is 22.3 Å². The second-order valence-corrected chi connectivity index (χ2v) is 9.51. The summed E-state index contributed by atoms with van der Waals surface area (Å²) in [5, 5.41) is 0.998. The van der Waals surface area contributed by atoms with Crippen LogP contribution in [-0.4, -0.2) is 24.0 Å². The van der Waals surface area contributed by atoms with E-state index in [-0.39, 0.29) is 23.6 Å². The maximum Gasteiger partial charge on any atom is 0.291 e. The number of nitrogens with zero attached hydrogens (tertiary/aromatic N) is 1. The number of carbonyl (C=O) groups excluding carboxylic acids is 1. The van der Waals surface area contributed by atoms with Crippen molar-refractivity contribution >= 4 is 28.5 Å². The van der Waals surface area contributed by atoms with Gasteiger partial charge in [-0.3, -0.25) is 9.59 Å². The summed E-state index contributed by atoms with van der Waals surface area (Å²) in [6.45, 7) is 8.83. The van der Waals surface area contributed by atoms with Crippen molar-refractivity contribution < 1.29 is 18.7 Å². The largest absolute Gasteiger partial charge is 0.490 e. The van der Waals surface area contributed by atoms with Crippen LogP contribution in [0.15, 0.2) is 63.8 Å². The third-order valence-electron chi connectivity index (χ3n) is 6.76. The molecule has 4 aromatic rings. The highest BCUT2D eigenvalue weighted by molar-refractivity contribution is 6.31. The van der Waals surface area contributed by atoms with Gasteiger partial charge in [-0.25, -0.2) is 0 Å². The van der Waals surface area contributed by atoms with E-state index in [1.165, 1.54) is 0 Å². The van der Waals surface area contributed by atoms with Crippen LogP contribution in [0.2, 0.25) is 5.02 Å². The van der Waals surface area contributed by atoms with Crippen LogP contribution in [0.5, 0.6) is 11.5 Å². The molecule has 0 saturated carbocycles. The fraction of sp³-hybridized carbons (Fsp3) is 0.267. The predicted molar refractivity (Wildman–Crippen MR) is 144 cm³/mol. The highest BCUT2D eigenvalue weighted by atomic mass is 35.5. The van der Waals surface area contributed by atoms with Crippen molar-refractivity contribution in [2.24, 2.45) is 0 Å². The first-order valence-electron chi connectivity index (χ1n) is 12.4. The minimum absolute atomic E-state index is 0.0599. The third kappa shape index (κ3) is 4.36. The van der Waals surface area contributed by atoms with Crippen LogP contribution < -0.4 is 14.9 Å². The Hall–Kier alpha value is -3.77. The Kier molecular flexibility index (Phi) is 6.69. The maximum absolute atomic E-state index is 13.9. The number of hydrogen-bond acceptors (Lipinski definition) is 5. The van der Waals surface area contributed by atoms with Gasteiger partial charge in [0.15, 0.2) is 16.9 Å². The molecule has 1 aliphatic rings. The van der Waals surface area contributed by atoms with Gasteiger partial charge in [-0.1, -0.05) is 35.9 Å². The Morgan fingerprint density at radius 2 is 1.62 bits per heavy atom. The lowest BCUT2D eigenvalue weighted by molar-refractivity contribution is 0.0714. The van der Waals surface area contributed by atoms with Crippen molar-refractivity contribution in [3.63, 3.8) is 0 Å². The molecular weight excluding hydrogens is 490 g/mol. The summed E-state index contributed by atoms with van der Waals surface area (Å²) in [7, 11) is 0. The van der Waals surface area contributed by atoms with E-state index in [0.29, 0.717) is 46.3 Å². The van der Waals surface area contributed by atoms with Gasteiger partial charge in [-0.2, -0.15) is 0 Å². The topological polar surface area (TPSA) is 69.0 Å². The average molecular weight is 518 g/mol. The van der Waals surface area contributed by atoms with Crippen molar-refractivity contribution in [3.05, 3.63) is 103 Å². The molecule has 37 heavy (non-hydrogen) atoms. The molecule has 1 aromatic heterocycles. The van der Waals surface area contributed by atoms with Gasteiger partial charge in [0.25, 0.3) is 5.91 Å².